The van der Waals surface area contributed by atoms with E-state index in [2.05, 4.69) is 10.0 Å². The summed E-state index contributed by atoms with van der Waals surface area (Å²) in [6, 6.07) is 9.94. The summed E-state index contributed by atoms with van der Waals surface area (Å²) in [6.45, 7) is 0.441. The summed E-state index contributed by atoms with van der Waals surface area (Å²) in [4.78, 5) is 12.0. The fraction of sp³-hybridized carbons (Fsp3) is 0.214. The van der Waals surface area contributed by atoms with E-state index in [9.17, 15) is 13.2 Å². The highest BCUT2D eigenvalue weighted by molar-refractivity contribution is 7.92. The van der Waals surface area contributed by atoms with E-state index in [0.717, 1.165) is 12.0 Å². The van der Waals surface area contributed by atoms with Gasteiger partial charge < -0.3 is 9.73 Å². The van der Waals surface area contributed by atoms with Crippen LogP contribution in [0.4, 0.5) is 5.69 Å². The predicted molar refractivity (Wildman–Crippen MR) is 79.7 cm³/mol. The average molecular weight is 308 g/mol. The SMILES string of the molecule is CS(=O)(=O)Nc1cccc(C(=O)NCCc2ccco2)c1. The molecule has 0 aliphatic heterocycles. The number of carbonyl (C=O) groups excluding carboxylic acids is 1. The van der Waals surface area contributed by atoms with Gasteiger partial charge in [0.15, 0.2) is 0 Å². The lowest BCUT2D eigenvalue weighted by Crippen LogP contribution is -2.25. The van der Waals surface area contributed by atoms with E-state index in [-0.39, 0.29) is 5.91 Å². The van der Waals surface area contributed by atoms with Crippen LogP contribution in [0.5, 0.6) is 0 Å². The Bertz CT molecular complexity index is 708. The molecule has 0 saturated carbocycles. The molecule has 0 unspecified atom stereocenters. The number of sulfonamides is 1. The quantitative estimate of drug-likeness (QED) is 0.849. The average Bonchev–Trinajstić information content (AvgIpc) is 2.90. The molecule has 6 nitrogen and oxygen atoms in total. The summed E-state index contributed by atoms with van der Waals surface area (Å²) in [7, 11) is -3.36. The molecule has 21 heavy (non-hydrogen) atoms. The number of anilines is 1. The highest BCUT2D eigenvalue weighted by Crippen LogP contribution is 2.12. The summed E-state index contributed by atoms with van der Waals surface area (Å²) >= 11 is 0. The molecule has 0 aliphatic rings. The summed E-state index contributed by atoms with van der Waals surface area (Å²) in [5, 5.41) is 2.75. The van der Waals surface area contributed by atoms with Gasteiger partial charge in [-0.2, -0.15) is 0 Å². The number of rotatable bonds is 6. The molecule has 0 saturated heterocycles. The van der Waals surface area contributed by atoms with Crippen molar-refractivity contribution in [3.05, 3.63) is 54.0 Å². The van der Waals surface area contributed by atoms with Gasteiger partial charge in [0.1, 0.15) is 5.76 Å². The first-order chi connectivity index (χ1) is 9.94. The maximum Gasteiger partial charge on any atom is 0.251 e. The molecule has 1 aromatic heterocycles. The van der Waals surface area contributed by atoms with Crippen LogP contribution in [-0.2, 0) is 16.4 Å². The van der Waals surface area contributed by atoms with Crippen molar-refractivity contribution >= 4 is 21.6 Å². The topological polar surface area (TPSA) is 88.4 Å². The van der Waals surface area contributed by atoms with Crippen molar-refractivity contribution in [3.8, 4) is 0 Å². The van der Waals surface area contributed by atoms with Crippen LogP contribution in [0.3, 0.4) is 0 Å². The number of carbonyl (C=O) groups is 1. The Morgan fingerprint density at radius 2 is 2.05 bits per heavy atom. The maximum absolute atomic E-state index is 12.0. The number of amides is 1. The third kappa shape index (κ3) is 4.96. The second kappa shape index (κ2) is 6.45. The van der Waals surface area contributed by atoms with Crippen LogP contribution in [0.2, 0.25) is 0 Å². The van der Waals surface area contributed by atoms with Crippen molar-refractivity contribution in [1.29, 1.82) is 0 Å². The molecule has 1 aromatic carbocycles. The fourth-order valence-corrected chi connectivity index (χ4v) is 2.35. The van der Waals surface area contributed by atoms with E-state index in [4.69, 9.17) is 4.42 Å². The van der Waals surface area contributed by atoms with Crippen LogP contribution in [0.25, 0.3) is 0 Å². The monoisotopic (exact) mass is 308 g/mol. The lowest BCUT2D eigenvalue weighted by atomic mass is 10.2. The number of hydrogen-bond donors (Lipinski definition) is 2. The Hall–Kier alpha value is -2.28. The van der Waals surface area contributed by atoms with Gasteiger partial charge in [0, 0.05) is 24.2 Å². The Balaban J connectivity index is 1.94. The number of hydrogen-bond acceptors (Lipinski definition) is 4. The molecule has 7 heteroatoms. The normalized spacial score (nSPS) is 11.1. The predicted octanol–water partition coefficient (Wildman–Crippen LogP) is 1.62. The van der Waals surface area contributed by atoms with Gasteiger partial charge in [-0.15, -0.1) is 0 Å². The number of nitrogens with one attached hydrogen (secondary N) is 2. The maximum atomic E-state index is 12.0. The molecule has 0 fully saturated rings. The molecule has 0 atom stereocenters. The van der Waals surface area contributed by atoms with E-state index in [1.165, 1.54) is 6.07 Å². The van der Waals surface area contributed by atoms with Gasteiger partial charge >= 0.3 is 0 Å². The van der Waals surface area contributed by atoms with Crippen molar-refractivity contribution in [2.24, 2.45) is 0 Å². The van der Waals surface area contributed by atoms with Gasteiger partial charge in [0.05, 0.1) is 12.5 Å². The molecule has 0 aliphatic carbocycles. The van der Waals surface area contributed by atoms with Crippen molar-refractivity contribution in [1.82, 2.24) is 5.32 Å². The largest absolute Gasteiger partial charge is 0.469 e. The molecule has 2 aromatic rings. The molecular weight excluding hydrogens is 292 g/mol. The van der Waals surface area contributed by atoms with Crippen molar-refractivity contribution in [2.45, 2.75) is 6.42 Å². The first-order valence-electron chi connectivity index (χ1n) is 6.32. The van der Waals surface area contributed by atoms with E-state index < -0.39 is 10.0 Å². The Morgan fingerprint density at radius 3 is 2.71 bits per heavy atom. The Morgan fingerprint density at radius 1 is 1.24 bits per heavy atom. The standard InChI is InChI=1S/C14H16N2O4S/c1-21(18,19)16-12-5-2-4-11(10-12)14(17)15-8-7-13-6-3-9-20-13/h2-6,9-10,16H,7-8H2,1H3,(H,15,17). The van der Waals surface area contributed by atoms with Gasteiger partial charge in [-0.25, -0.2) is 8.42 Å². The molecular formula is C14H16N2O4S. The van der Waals surface area contributed by atoms with Crippen LogP contribution in [-0.4, -0.2) is 27.1 Å². The molecule has 0 bridgehead atoms. The zero-order chi connectivity index (χ0) is 15.3. The van der Waals surface area contributed by atoms with Crippen LogP contribution in [0, 0.1) is 0 Å². The Kier molecular flexibility index (Phi) is 4.64. The second-order valence-corrected chi connectivity index (χ2v) is 6.29. The highest BCUT2D eigenvalue weighted by Gasteiger charge is 2.08. The van der Waals surface area contributed by atoms with Crippen LogP contribution in [0.15, 0.2) is 47.1 Å². The van der Waals surface area contributed by atoms with Crippen molar-refractivity contribution in [2.75, 3.05) is 17.5 Å². The van der Waals surface area contributed by atoms with Crippen LogP contribution < -0.4 is 10.0 Å². The third-order valence-electron chi connectivity index (χ3n) is 2.67. The minimum atomic E-state index is -3.36. The molecule has 1 amide bonds. The van der Waals surface area contributed by atoms with Gasteiger partial charge in [-0.3, -0.25) is 9.52 Å². The molecule has 2 rings (SSSR count). The number of benzene rings is 1. The smallest absolute Gasteiger partial charge is 0.251 e. The van der Waals surface area contributed by atoms with E-state index in [1.807, 2.05) is 6.07 Å². The summed E-state index contributed by atoms with van der Waals surface area (Å²) in [6.07, 6.45) is 3.24. The van der Waals surface area contributed by atoms with Crippen molar-refractivity contribution < 1.29 is 17.6 Å². The summed E-state index contributed by atoms with van der Waals surface area (Å²) < 4.78 is 29.8. The van der Waals surface area contributed by atoms with Gasteiger partial charge in [0.2, 0.25) is 10.0 Å². The summed E-state index contributed by atoms with van der Waals surface area (Å²) in [5.74, 6) is 0.529. The van der Waals surface area contributed by atoms with E-state index >= 15 is 0 Å². The van der Waals surface area contributed by atoms with E-state index in [1.54, 1.807) is 30.5 Å². The van der Waals surface area contributed by atoms with Crippen LogP contribution in [0.1, 0.15) is 16.1 Å². The van der Waals surface area contributed by atoms with Crippen LogP contribution >= 0.6 is 0 Å². The zero-order valence-electron chi connectivity index (χ0n) is 11.5. The lowest BCUT2D eigenvalue weighted by molar-refractivity contribution is 0.0953. The summed E-state index contributed by atoms with van der Waals surface area (Å²) in [5.41, 5.74) is 0.749. The Labute approximate surface area is 123 Å². The van der Waals surface area contributed by atoms with E-state index in [0.29, 0.717) is 24.2 Å². The minimum Gasteiger partial charge on any atom is -0.469 e. The van der Waals surface area contributed by atoms with Gasteiger partial charge in [-0.1, -0.05) is 6.07 Å². The second-order valence-electron chi connectivity index (χ2n) is 4.54. The zero-order valence-corrected chi connectivity index (χ0v) is 12.3. The molecule has 1 heterocycles. The van der Waals surface area contributed by atoms with Crippen molar-refractivity contribution in [3.63, 3.8) is 0 Å². The highest BCUT2D eigenvalue weighted by atomic mass is 32.2. The molecule has 112 valence electrons. The number of furan rings is 1. The molecule has 2 N–H and O–H groups in total. The molecule has 0 spiro atoms. The van der Waals surface area contributed by atoms with Gasteiger partial charge in [0.25, 0.3) is 5.91 Å². The lowest BCUT2D eigenvalue weighted by Gasteiger charge is -2.07. The minimum absolute atomic E-state index is 0.265. The fourth-order valence-electron chi connectivity index (χ4n) is 1.79. The molecule has 0 radical (unpaired) electrons. The van der Waals surface area contributed by atoms with Gasteiger partial charge in [-0.05, 0) is 30.3 Å². The first-order valence-corrected chi connectivity index (χ1v) is 8.21. The first kappa shape index (κ1) is 15.1. The third-order valence-corrected chi connectivity index (χ3v) is 3.27.